The molecule has 5 heterocycles. The summed E-state index contributed by atoms with van der Waals surface area (Å²) in [4.78, 5) is 28.9. The summed E-state index contributed by atoms with van der Waals surface area (Å²) in [7, 11) is 1.64. The maximum absolute atomic E-state index is 14.5. The Balaban J connectivity index is 1.24. The molecule has 4 atom stereocenters. The number of anilines is 1. The molecule has 0 unspecified atom stereocenters. The predicted octanol–water partition coefficient (Wildman–Crippen LogP) is 6.22. The van der Waals surface area contributed by atoms with E-state index in [0.29, 0.717) is 43.1 Å². The molecule has 0 radical (unpaired) electrons. The summed E-state index contributed by atoms with van der Waals surface area (Å²) >= 11 is 0. The molecule has 4 fully saturated rings. The van der Waals surface area contributed by atoms with Crippen LogP contribution in [0.25, 0.3) is 22.9 Å². The van der Waals surface area contributed by atoms with Gasteiger partial charge in [-0.05, 0) is 87.5 Å². The highest BCUT2D eigenvalue weighted by molar-refractivity contribution is 5.94. The van der Waals surface area contributed by atoms with Gasteiger partial charge in [-0.2, -0.15) is 15.2 Å². The number of fused-ring (bicyclic) bond motifs is 4. The number of carbonyl (C=O) groups excluding carboxylic acids is 1. The van der Waals surface area contributed by atoms with Crippen molar-refractivity contribution in [1.82, 2.24) is 19.8 Å². The minimum Gasteiger partial charge on any atom is -0.497 e. The second kappa shape index (κ2) is 12.5. The predicted molar refractivity (Wildman–Crippen MR) is 182 cm³/mol. The van der Waals surface area contributed by atoms with E-state index in [4.69, 9.17) is 24.2 Å². The number of alkyl halides is 1. The van der Waals surface area contributed by atoms with Crippen LogP contribution in [0.5, 0.6) is 11.8 Å². The van der Waals surface area contributed by atoms with Crippen molar-refractivity contribution in [2.45, 2.75) is 82.3 Å². The van der Waals surface area contributed by atoms with Crippen LogP contribution in [-0.4, -0.2) is 95.2 Å². The van der Waals surface area contributed by atoms with Crippen LogP contribution in [0.15, 0.2) is 36.4 Å². The number of ether oxygens (including phenoxy) is 3. The second-order valence-electron chi connectivity index (χ2n) is 14.5. The van der Waals surface area contributed by atoms with E-state index < -0.39 is 11.8 Å². The number of amides is 1. The van der Waals surface area contributed by atoms with Gasteiger partial charge in [0, 0.05) is 26.1 Å². The molecule has 4 saturated heterocycles. The van der Waals surface area contributed by atoms with E-state index >= 15 is 0 Å². The van der Waals surface area contributed by atoms with Crippen LogP contribution in [0, 0.1) is 11.3 Å². The van der Waals surface area contributed by atoms with Crippen molar-refractivity contribution in [2.24, 2.45) is 0 Å². The van der Waals surface area contributed by atoms with Crippen LogP contribution in [0.2, 0.25) is 0 Å². The fourth-order valence-electron chi connectivity index (χ4n) is 8.04. The average Bonchev–Trinajstić information content (AvgIpc) is 3.68. The van der Waals surface area contributed by atoms with Gasteiger partial charge in [0.15, 0.2) is 5.82 Å². The fraction of sp³-hybridized carbons (Fsp3) is 0.514. The number of benzene rings is 2. The molecule has 0 N–H and O–H groups in total. The number of nitrogens with zero attached hydrogens (tertiary/aromatic N) is 6. The molecule has 11 heteroatoms. The van der Waals surface area contributed by atoms with Gasteiger partial charge in [-0.1, -0.05) is 30.3 Å². The third-order valence-electron chi connectivity index (χ3n) is 10.1. The van der Waals surface area contributed by atoms with Gasteiger partial charge in [0.05, 0.1) is 30.4 Å². The van der Waals surface area contributed by atoms with E-state index in [9.17, 15) is 14.4 Å². The Morgan fingerprint density at radius 1 is 1.12 bits per heavy atom. The fourth-order valence-corrected chi connectivity index (χ4v) is 8.04. The first-order valence-electron chi connectivity index (χ1n) is 16.9. The van der Waals surface area contributed by atoms with Crippen LogP contribution in [0.3, 0.4) is 0 Å². The number of hydrogen-bond donors (Lipinski definition) is 0. The van der Waals surface area contributed by atoms with E-state index in [2.05, 4.69) is 15.9 Å². The van der Waals surface area contributed by atoms with Gasteiger partial charge in [0.2, 0.25) is 0 Å². The molecule has 2 aromatic carbocycles. The number of piperazine rings is 1. The number of rotatable bonds is 7. The SMILES string of the molecule is COc1cc(/C=C/c2nc(OC[C@@]34CCCN3C[C@H](F)C4)nc(N3C[C@H]4CC[C@@H](C3)N4C(=O)OC(C)(C)C)c2C#N)c2ccccc2c1. The lowest BCUT2D eigenvalue weighted by molar-refractivity contribution is 0.0122. The quantitative estimate of drug-likeness (QED) is 0.294. The van der Waals surface area contributed by atoms with Crippen LogP contribution < -0.4 is 14.4 Å². The monoisotopic (exact) mass is 654 g/mol. The number of halogens is 1. The third-order valence-corrected chi connectivity index (χ3v) is 10.1. The summed E-state index contributed by atoms with van der Waals surface area (Å²) in [5, 5.41) is 12.6. The molecule has 1 aromatic heterocycles. The lowest BCUT2D eigenvalue weighted by Gasteiger charge is -2.42. The van der Waals surface area contributed by atoms with Crippen molar-refractivity contribution < 1.29 is 23.4 Å². The molecule has 10 nitrogen and oxygen atoms in total. The smallest absolute Gasteiger partial charge is 0.410 e. The third kappa shape index (κ3) is 6.14. The maximum atomic E-state index is 14.5. The first-order chi connectivity index (χ1) is 23.1. The Morgan fingerprint density at radius 3 is 2.62 bits per heavy atom. The molecule has 4 aliphatic rings. The average molecular weight is 655 g/mol. The first kappa shape index (κ1) is 32.1. The number of aromatic nitrogens is 2. The highest BCUT2D eigenvalue weighted by Gasteiger charge is 2.50. The number of nitriles is 1. The Morgan fingerprint density at radius 2 is 1.90 bits per heavy atom. The van der Waals surface area contributed by atoms with Crippen molar-refractivity contribution in [1.29, 1.82) is 5.26 Å². The molecule has 4 aliphatic heterocycles. The van der Waals surface area contributed by atoms with Gasteiger partial charge in [-0.25, -0.2) is 9.18 Å². The summed E-state index contributed by atoms with van der Waals surface area (Å²) in [5.41, 5.74) is 0.722. The van der Waals surface area contributed by atoms with Crippen molar-refractivity contribution in [3.05, 3.63) is 53.2 Å². The van der Waals surface area contributed by atoms with Crippen molar-refractivity contribution >= 4 is 34.8 Å². The Hall–Kier alpha value is -4.43. The Kier molecular flexibility index (Phi) is 8.40. The van der Waals surface area contributed by atoms with E-state index in [1.165, 1.54) is 0 Å². The summed E-state index contributed by atoms with van der Waals surface area (Å²) in [6, 6.07) is 14.4. The van der Waals surface area contributed by atoms with Crippen molar-refractivity contribution in [2.75, 3.05) is 44.8 Å². The molecule has 7 rings (SSSR count). The molecule has 0 saturated carbocycles. The number of hydrogen-bond acceptors (Lipinski definition) is 9. The molecule has 0 spiro atoms. The Bertz CT molecular complexity index is 1770. The lowest BCUT2D eigenvalue weighted by atomic mass is 9.95. The van der Waals surface area contributed by atoms with Crippen molar-refractivity contribution in [3.8, 4) is 17.8 Å². The van der Waals surface area contributed by atoms with Crippen molar-refractivity contribution in [3.63, 3.8) is 0 Å². The lowest BCUT2D eigenvalue weighted by Crippen LogP contribution is -2.57. The minimum atomic E-state index is -0.876. The largest absolute Gasteiger partial charge is 0.497 e. The van der Waals surface area contributed by atoms with E-state index in [1.54, 1.807) is 7.11 Å². The number of carbonyl (C=O) groups is 1. The Labute approximate surface area is 281 Å². The molecular formula is C37H43FN6O4. The van der Waals surface area contributed by atoms with Gasteiger partial charge in [0.25, 0.3) is 0 Å². The summed E-state index contributed by atoms with van der Waals surface area (Å²) in [6.45, 7) is 8.19. The molecule has 3 aromatic rings. The summed E-state index contributed by atoms with van der Waals surface area (Å²) in [6.07, 6.45) is 6.57. The topological polar surface area (TPSA) is 104 Å². The molecule has 0 aliphatic carbocycles. The molecule has 2 bridgehead atoms. The normalized spacial score (nSPS) is 25.5. The van der Waals surface area contributed by atoms with Crippen LogP contribution in [0.4, 0.5) is 15.0 Å². The summed E-state index contributed by atoms with van der Waals surface area (Å²) < 4.78 is 32.2. The second-order valence-corrected chi connectivity index (χ2v) is 14.5. The van der Waals surface area contributed by atoms with Gasteiger partial charge in [-0.3, -0.25) is 9.80 Å². The van der Waals surface area contributed by atoms with Crippen LogP contribution in [0.1, 0.15) is 69.7 Å². The standard InChI is InChI=1S/C37H43FN6O4/c1-36(2,3)48-35(45)44-27-11-12-28(44)22-42(21-27)33-31(19-39)32(13-10-25-17-29(46-4)16-24-8-5-6-9-30(24)25)40-34(41-33)47-23-37-14-7-15-43(37)20-26(38)18-37/h5-6,8-10,13,16-17,26-28H,7,11-12,14-15,18,20-23H2,1-4H3/b13-10+/t26-,27-,28+,37+/m1/s1. The zero-order chi connectivity index (χ0) is 33.6. The zero-order valence-electron chi connectivity index (χ0n) is 28.1. The molecule has 252 valence electrons. The van der Waals surface area contributed by atoms with Crippen LogP contribution >= 0.6 is 0 Å². The van der Waals surface area contributed by atoms with Gasteiger partial charge in [-0.15, -0.1) is 0 Å². The van der Waals surface area contributed by atoms with E-state index in [-0.39, 0.29) is 36.3 Å². The highest BCUT2D eigenvalue weighted by atomic mass is 19.1. The van der Waals surface area contributed by atoms with Gasteiger partial charge < -0.3 is 19.1 Å². The first-order valence-corrected chi connectivity index (χ1v) is 16.9. The molecule has 1 amide bonds. The minimum absolute atomic E-state index is 0.0717. The van der Waals surface area contributed by atoms with Crippen LogP contribution in [-0.2, 0) is 4.74 Å². The maximum Gasteiger partial charge on any atom is 0.410 e. The highest BCUT2D eigenvalue weighted by Crippen LogP contribution is 2.41. The molecule has 48 heavy (non-hydrogen) atoms. The number of methoxy groups -OCH3 is 1. The molecular weight excluding hydrogens is 611 g/mol. The zero-order valence-corrected chi connectivity index (χ0v) is 28.1. The van der Waals surface area contributed by atoms with E-state index in [1.807, 2.05) is 74.2 Å². The van der Waals surface area contributed by atoms with Gasteiger partial charge >= 0.3 is 12.1 Å². The summed E-state index contributed by atoms with van der Waals surface area (Å²) in [5.74, 6) is 1.21. The van der Waals surface area contributed by atoms with E-state index in [0.717, 1.165) is 54.3 Å². The van der Waals surface area contributed by atoms with Gasteiger partial charge in [0.1, 0.15) is 35.8 Å².